The number of rotatable bonds is 9. The smallest absolute Gasteiger partial charge is 0.338 e. The van der Waals surface area contributed by atoms with Gasteiger partial charge in [0.1, 0.15) is 0 Å². The van der Waals surface area contributed by atoms with Crippen LogP contribution in [0.1, 0.15) is 63.2 Å². The van der Waals surface area contributed by atoms with Gasteiger partial charge in [0.25, 0.3) is 0 Å². The number of hydrogen-bond donors (Lipinski definition) is 1. The minimum atomic E-state index is -0.309. The zero-order chi connectivity index (χ0) is 16.4. The van der Waals surface area contributed by atoms with Crippen LogP contribution >= 0.6 is 0 Å². The molecule has 1 N–H and O–H groups in total. The van der Waals surface area contributed by atoms with Crippen LogP contribution in [0, 0.1) is 5.92 Å². The third kappa shape index (κ3) is 7.25. The first-order valence-electron chi connectivity index (χ1n) is 8.10. The Hall–Kier alpha value is -1.84. The van der Waals surface area contributed by atoms with Gasteiger partial charge in [0.05, 0.1) is 12.2 Å². The largest absolute Gasteiger partial charge is 0.462 e. The molecule has 0 bridgehead atoms. The lowest BCUT2D eigenvalue weighted by atomic mass is 10.1. The second-order valence-corrected chi connectivity index (χ2v) is 5.92. The van der Waals surface area contributed by atoms with Gasteiger partial charge in [-0.05, 0) is 36.6 Å². The molecule has 4 nitrogen and oxygen atoms in total. The topological polar surface area (TPSA) is 55.4 Å². The average molecular weight is 305 g/mol. The van der Waals surface area contributed by atoms with Crippen molar-refractivity contribution < 1.29 is 14.3 Å². The zero-order valence-electron chi connectivity index (χ0n) is 13.9. The van der Waals surface area contributed by atoms with Gasteiger partial charge in [0, 0.05) is 12.1 Å². The molecule has 0 saturated heterocycles. The number of ether oxygens (including phenoxy) is 1. The molecule has 1 amide bonds. The highest BCUT2D eigenvalue weighted by molar-refractivity contribution is 5.93. The molecule has 1 aromatic carbocycles. The minimum absolute atomic E-state index is 0.0127. The van der Waals surface area contributed by atoms with Crippen LogP contribution in [0.5, 0.6) is 0 Å². The van der Waals surface area contributed by atoms with Crippen molar-refractivity contribution in [1.82, 2.24) is 0 Å². The number of unbranched alkanes of at least 4 members (excludes halogenated alkanes) is 3. The van der Waals surface area contributed by atoms with Gasteiger partial charge in [-0.2, -0.15) is 0 Å². The molecule has 0 aliphatic rings. The van der Waals surface area contributed by atoms with Crippen LogP contribution in [0.15, 0.2) is 24.3 Å². The summed E-state index contributed by atoms with van der Waals surface area (Å²) in [5.41, 5.74) is 1.21. The molecule has 1 aromatic rings. The van der Waals surface area contributed by atoms with E-state index in [2.05, 4.69) is 12.2 Å². The van der Waals surface area contributed by atoms with E-state index in [4.69, 9.17) is 4.74 Å². The molecule has 0 heterocycles. The summed E-state index contributed by atoms with van der Waals surface area (Å²) in [6.07, 6.45) is 4.81. The molecule has 0 aliphatic carbocycles. The number of hydrogen-bond acceptors (Lipinski definition) is 3. The van der Waals surface area contributed by atoms with Crippen LogP contribution in [0.2, 0.25) is 0 Å². The molecule has 0 fully saturated rings. The fourth-order valence-electron chi connectivity index (χ4n) is 2.05. The maximum Gasteiger partial charge on any atom is 0.338 e. The van der Waals surface area contributed by atoms with Crippen molar-refractivity contribution in [1.29, 1.82) is 0 Å². The lowest BCUT2D eigenvalue weighted by Gasteiger charge is -2.08. The van der Waals surface area contributed by atoms with Gasteiger partial charge in [-0.1, -0.05) is 40.0 Å². The van der Waals surface area contributed by atoms with Gasteiger partial charge < -0.3 is 10.1 Å². The molecule has 1 rings (SSSR count). The van der Waals surface area contributed by atoms with E-state index in [0.29, 0.717) is 30.2 Å². The summed E-state index contributed by atoms with van der Waals surface area (Å²) < 4.78 is 5.22. The standard InChI is InChI=1S/C18H27NO3/c1-4-5-6-7-12-22-18(21)15-8-10-16(11-9-15)19-17(20)13-14(2)3/h8-11,14H,4-7,12-13H2,1-3H3,(H,19,20). The summed E-state index contributed by atoms with van der Waals surface area (Å²) in [6, 6.07) is 6.82. The van der Waals surface area contributed by atoms with Crippen LogP contribution in [-0.2, 0) is 9.53 Å². The first-order chi connectivity index (χ1) is 10.5. The predicted octanol–water partition coefficient (Wildman–Crippen LogP) is 4.41. The fraction of sp³-hybridized carbons (Fsp3) is 0.556. The first kappa shape index (κ1) is 18.2. The van der Waals surface area contributed by atoms with Crippen LogP contribution in [0.25, 0.3) is 0 Å². The molecule has 0 atom stereocenters. The van der Waals surface area contributed by atoms with Crippen LogP contribution in [0.4, 0.5) is 5.69 Å². The van der Waals surface area contributed by atoms with Crippen molar-refractivity contribution in [3.05, 3.63) is 29.8 Å². The van der Waals surface area contributed by atoms with Gasteiger partial charge in [0.2, 0.25) is 5.91 Å². The van der Waals surface area contributed by atoms with E-state index < -0.39 is 0 Å². The Morgan fingerprint density at radius 1 is 1.09 bits per heavy atom. The molecule has 0 spiro atoms. The van der Waals surface area contributed by atoms with Gasteiger partial charge in [-0.25, -0.2) is 4.79 Å². The maximum atomic E-state index is 11.8. The van der Waals surface area contributed by atoms with E-state index >= 15 is 0 Å². The summed E-state index contributed by atoms with van der Waals surface area (Å²) >= 11 is 0. The lowest BCUT2D eigenvalue weighted by Crippen LogP contribution is -2.14. The van der Waals surface area contributed by atoms with Crippen LogP contribution < -0.4 is 5.32 Å². The highest BCUT2D eigenvalue weighted by Crippen LogP contribution is 2.12. The number of anilines is 1. The third-order valence-electron chi connectivity index (χ3n) is 3.23. The highest BCUT2D eigenvalue weighted by Gasteiger charge is 2.08. The van der Waals surface area contributed by atoms with Crippen LogP contribution in [0.3, 0.4) is 0 Å². The Labute approximate surface area is 133 Å². The Balaban J connectivity index is 2.40. The molecule has 0 aromatic heterocycles. The van der Waals surface area contributed by atoms with Gasteiger partial charge >= 0.3 is 5.97 Å². The molecule has 22 heavy (non-hydrogen) atoms. The van der Waals surface area contributed by atoms with E-state index in [0.717, 1.165) is 19.3 Å². The lowest BCUT2D eigenvalue weighted by molar-refractivity contribution is -0.116. The maximum absolute atomic E-state index is 11.8. The zero-order valence-corrected chi connectivity index (χ0v) is 13.9. The van der Waals surface area contributed by atoms with Crippen molar-refractivity contribution in [2.75, 3.05) is 11.9 Å². The Bertz CT molecular complexity index is 466. The Kier molecular flexibility index (Phi) is 8.26. The van der Waals surface area contributed by atoms with E-state index in [1.54, 1.807) is 24.3 Å². The number of benzene rings is 1. The first-order valence-corrected chi connectivity index (χ1v) is 8.10. The Morgan fingerprint density at radius 2 is 1.77 bits per heavy atom. The second kappa shape index (κ2) is 9.98. The Morgan fingerprint density at radius 3 is 2.36 bits per heavy atom. The summed E-state index contributed by atoms with van der Waals surface area (Å²) in [5.74, 6) is -0.000217. The summed E-state index contributed by atoms with van der Waals surface area (Å²) in [6.45, 7) is 6.61. The van der Waals surface area contributed by atoms with Gasteiger partial charge in [-0.15, -0.1) is 0 Å². The molecule has 0 unspecified atom stereocenters. The number of carbonyl (C=O) groups excluding carboxylic acids is 2. The number of amides is 1. The van der Waals surface area contributed by atoms with Crippen molar-refractivity contribution in [2.24, 2.45) is 5.92 Å². The van der Waals surface area contributed by atoms with Crippen molar-refractivity contribution >= 4 is 17.6 Å². The van der Waals surface area contributed by atoms with E-state index in [9.17, 15) is 9.59 Å². The van der Waals surface area contributed by atoms with E-state index in [1.807, 2.05) is 13.8 Å². The fourth-order valence-corrected chi connectivity index (χ4v) is 2.05. The monoisotopic (exact) mass is 305 g/mol. The summed E-state index contributed by atoms with van der Waals surface area (Å²) in [7, 11) is 0. The van der Waals surface area contributed by atoms with Gasteiger partial charge in [-0.3, -0.25) is 4.79 Å². The molecular weight excluding hydrogens is 278 g/mol. The quantitative estimate of drug-likeness (QED) is 0.543. The SMILES string of the molecule is CCCCCCOC(=O)c1ccc(NC(=O)CC(C)C)cc1. The number of carbonyl (C=O) groups is 2. The molecule has 122 valence electrons. The second-order valence-electron chi connectivity index (χ2n) is 5.92. The number of esters is 1. The molecule has 0 aliphatic heterocycles. The molecule has 0 saturated carbocycles. The molecular formula is C18H27NO3. The molecule has 0 radical (unpaired) electrons. The van der Waals surface area contributed by atoms with E-state index in [-0.39, 0.29) is 11.9 Å². The van der Waals surface area contributed by atoms with Crippen molar-refractivity contribution in [3.8, 4) is 0 Å². The highest BCUT2D eigenvalue weighted by atomic mass is 16.5. The minimum Gasteiger partial charge on any atom is -0.462 e. The van der Waals surface area contributed by atoms with E-state index in [1.165, 1.54) is 6.42 Å². The normalized spacial score (nSPS) is 10.5. The third-order valence-corrected chi connectivity index (χ3v) is 3.23. The number of nitrogens with one attached hydrogen (secondary N) is 1. The van der Waals surface area contributed by atoms with Gasteiger partial charge in [0.15, 0.2) is 0 Å². The van der Waals surface area contributed by atoms with Crippen LogP contribution in [-0.4, -0.2) is 18.5 Å². The van der Waals surface area contributed by atoms with Crippen molar-refractivity contribution in [2.45, 2.75) is 52.9 Å². The molecule has 4 heteroatoms. The summed E-state index contributed by atoms with van der Waals surface area (Å²) in [4.78, 5) is 23.5. The predicted molar refractivity (Wildman–Crippen MR) is 89.0 cm³/mol. The summed E-state index contributed by atoms with van der Waals surface area (Å²) in [5, 5.41) is 2.81. The average Bonchev–Trinajstić information content (AvgIpc) is 2.46. The van der Waals surface area contributed by atoms with Crippen molar-refractivity contribution in [3.63, 3.8) is 0 Å².